The van der Waals surface area contributed by atoms with Gasteiger partial charge in [0.25, 0.3) is 6.43 Å². The van der Waals surface area contributed by atoms with E-state index in [1.54, 1.807) is 0 Å². The van der Waals surface area contributed by atoms with E-state index >= 15 is 0 Å². The molecule has 0 aromatic carbocycles. The predicted octanol–water partition coefficient (Wildman–Crippen LogP) is 0.539. The largest absolute Gasteiger partial charge is 0.464 e. The van der Waals surface area contributed by atoms with Gasteiger partial charge in [0.1, 0.15) is 0 Å². The average molecular weight is 191 g/mol. The van der Waals surface area contributed by atoms with E-state index in [4.69, 9.17) is 0 Å². The number of carbonyl (C=O) groups is 1. The maximum Gasteiger partial charge on any atom is 0.360 e. The van der Waals surface area contributed by atoms with Crippen molar-refractivity contribution in [1.29, 1.82) is 0 Å². The van der Waals surface area contributed by atoms with E-state index in [9.17, 15) is 13.6 Å². The third-order valence-electron chi connectivity index (χ3n) is 1.33. The normalized spacial score (nSPS) is 10.5. The minimum Gasteiger partial charge on any atom is -0.464 e. The Morgan fingerprint density at radius 2 is 2.15 bits per heavy atom. The van der Waals surface area contributed by atoms with Crippen LogP contribution in [0.25, 0.3) is 0 Å². The first kappa shape index (κ1) is 9.56. The SMILES string of the molecule is COC(=O)c1nn(C)nc1C(F)F. The molecule has 0 aliphatic heterocycles. The first-order valence-corrected chi connectivity index (χ1v) is 3.34. The number of nitrogens with zero attached hydrogens (tertiary/aromatic N) is 3. The molecule has 0 fully saturated rings. The summed E-state index contributed by atoms with van der Waals surface area (Å²) in [7, 11) is 2.44. The van der Waals surface area contributed by atoms with Crippen molar-refractivity contribution in [1.82, 2.24) is 15.0 Å². The third-order valence-corrected chi connectivity index (χ3v) is 1.33. The summed E-state index contributed by atoms with van der Waals surface area (Å²) in [6.45, 7) is 0. The van der Waals surface area contributed by atoms with Gasteiger partial charge in [-0.15, -0.1) is 5.10 Å². The first-order chi connectivity index (χ1) is 6.06. The van der Waals surface area contributed by atoms with Crippen molar-refractivity contribution in [2.24, 2.45) is 7.05 Å². The monoisotopic (exact) mass is 191 g/mol. The Hall–Kier alpha value is -1.53. The van der Waals surface area contributed by atoms with Crippen LogP contribution in [0.5, 0.6) is 0 Å². The topological polar surface area (TPSA) is 57.0 Å². The van der Waals surface area contributed by atoms with E-state index < -0.39 is 23.8 Å². The van der Waals surface area contributed by atoms with Gasteiger partial charge in [-0.2, -0.15) is 9.90 Å². The Kier molecular flexibility index (Phi) is 2.54. The fourth-order valence-corrected chi connectivity index (χ4v) is 0.811. The zero-order valence-corrected chi connectivity index (χ0v) is 6.99. The molecule has 0 saturated carbocycles. The van der Waals surface area contributed by atoms with Gasteiger partial charge < -0.3 is 4.74 Å². The van der Waals surface area contributed by atoms with Gasteiger partial charge >= 0.3 is 5.97 Å². The highest BCUT2D eigenvalue weighted by molar-refractivity contribution is 5.88. The number of hydrogen-bond acceptors (Lipinski definition) is 4. The molecule has 7 heteroatoms. The van der Waals surface area contributed by atoms with Crippen LogP contribution in [0.2, 0.25) is 0 Å². The summed E-state index contributed by atoms with van der Waals surface area (Å²) >= 11 is 0. The van der Waals surface area contributed by atoms with Crippen LogP contribution in [0, 0.1) is 0 Å². The minimum atomic E-state index is -2.83. The molecule has 1 heterocycles. The average Bonchev–Trinajstić information content (AvgIpc) is 2.46. The molecule has 0 unspecified atom stereocenters. The molecule has 5 nitrogen and oxygen atoms in total. The van der Waals surface area contributed by atoms with Gasteiger partial charge in [0, 0.05) is 7.05 Å². The highest BCUT2D eigenvalue weighted by atomic mass is 19.3. The number of ether oxygens (including phenoxy) is 1. The van der Waals surface area contributed by atoms with Crippen molar-refractivity contribution >= 4 is 5.97 Å². The standard InChI is InChI=1S/C6H7F2N3O2/c1-11-9-3(5(7)8)4(10-11)6(12)13-2/h5H,1-2H3. The predicted molar refractivity (Wildman–Crippen MR) is 37.3 cm³/mol. The molecule has 1 aromatic rings. The molecule has 0 N–H and O–H groups in total. The van der Waals surface area contributed by atoms with Crippen LogP contribution in [0.3, 0.4) is 0 Å². The number of aryl methyl sites for hydroxylation is 1. The zero-order chi connectivity index (χ0) is 10.0. The number of hydrogen-bond donors (Lipinski definition) is 0. The summed E-state index contributed by atoms with van der Waals surface area (Å²) in [5.41, 5.74) is -1.10. The molecular weight excluding hydrogens is 184 g/mol. The molecular formula is C6H7F2N3O2. The molecule has 0 spiro atoms. The second-order valence-corrected chi connectivity index (χ2v) is 2.22. The molecule has 0 saturated heterocycles. The maximum atomic E-state index is 12.2. The molecule has 0 aliphatic rings. The van der Waals surface area contributed by atoms with Crippen molar-refractivity contribution in [3.63, 3.8) is 0 Å². The van der Waals surface area contributed by atoms with Crippen molar-refractivity contribution in [3.05, 3.63) is 11.4 Å². The van der Waals surface area contributed by atoms with E-state index in [0.717, 1.165) is 11.9 Å². The van der Waals surface area contributed by atoms with Crippen LogP contribution >= 0.6 is 0 Å². The molecule has 0 atom stereocenters. The van der Waals surface area contributed by atoms with E-state index in [1.807, 2.05) is 0 Å². The van der Waals surface area contributed by atoms with Crippen molar-refractivity contribution < 1.29 is 18.3 Å². The Bertz CT molecular complexity index is 324. The lowest BCUT2D eigenvalue weighted by Gasteiger charge is -1.95. The van der Waals surface area contributed by atoms with Gasteiger partial charge in [0.15, 0.2) is 11.4 Å². The molecule has 1 aromatic heterocycles. The van der Waals surface area contributed by atoms with Crippen molar-refractivity contribution in [2.45, 2.75) is 6.43 Å². The Balaban J connectivity index is 3.11. The Morgan fingerprint density at radius 3 is 2.62 bits per heavy atom. The van der Waals surface area contributed by atoms with Crippen LogP contribution in [0.15, 0.2) is 0 Å². The molecule has 0 bridgehead atoms. The van der Waals surface area contributed by atoms with E-state index in [-0.39, 0.29) is 0 Å². The van der Waals surface area contributed by atoms with Crippen molar-refractivity contribution in [3.8, 4) is 0 Å². The van der Waals surface area contributed by atoms with Gasteiger partial charge in [-0.25, -0.2) is 13.6 Å². The van der Waals surface area contributed by atoms with E-state index in [1.165, 1.54) is 7.05 Å². The highest BCUT2D eigenvalue weighted by Crippen LogP contribution is 2.19. The van der Waals surface area contributed by atoms with Gasteiger partial charge in [0.05, 0.1) is 7.11 Å². The van der Waals surface area contributed by atoms with Gasteiger partial charge in [-0.1, -0.05) is 0 Å². The molecule has 0 amide bonds. The lowest BCUT2D eigenvalue weighted by atomic mass is 10.3. The van der Waals surface area contributed by atoms with Crippen molar-refractivity contribution in [2.75, 3.05) is 7.11 Å². The number of methoxy groups -OCH3 is 1. The minimum absolute atomic E-state index is 0.444. The number of halogens is 2. The third kappa shape index (κ3) is 1.79. The second kappa shape index (κ2) is 3.46. The number of rotatable bonds is 2. The van der Waals surface area contributed by atoms with Gasteiger partial charge in [-0.3, -0.25) is 0 Å². The summed E-state index contributed by atoms with van der Waals surface area (Å²) in [5, 5.41) is 6.79. The number of alkyl halides is 2. The fraction of sp³-hybridized carbons (Fsp3) is 0.500. The summed E-state index contributed by atoms with van der Waals surface area (Å²) in [5.74, 6) is -0.914. The summed E-state index contributed by atoms with van der Waals surface area (Å²) < 4.78 is 28.7. The Morgan fingerprint density at radius 1 is 1.54 bits per heavy atom. The quantitative estimate of drug-likeness (QED) is 0.640. The van der Waals surface area contributed by atoms with E-state index in [0.29, 0.717) is 0 Å². The lowest BCUT2D eigenvalue weighted by molar-refractivity contribution is 0.0581. The molecule has 1 rings (SSSR count). The van der Waals surface area contributed by atoms with Gasteiger partial charge in [0.2, 0.25) is 0 Å². The number of aromatic nitrogens is 3. The molecule has 0 aliphatic carbocycles. The summed E-state index contributed by atoms with van der Waals surface area (Å²) in [6, 6.07) is 0. The zero-order valence-electron chi connectivity index (χ0n) is 6.99. The van der Waals surface area contributed by atoms with Crippen LogP contribution in [-0.2, 0) is 11.8 Å². The number of esters is 1. The van der Waals surface area contributed by atoms with Crippen LogP contribution in [0.4, 0.5) is 8.78 Å². The molecule has 13 heavy (non-hydrogen) atoms. The van der Waals surface area contributed by atoms with Crippen LogP contribution in [0.1, 0.15) is 22.6 Å². The smallest absolute Gasteiger partial charge is 0.360 e. The second-order valence-electron chi connectivity index (χ2n) is 2.22. The Labute approximate surface area is 72.3 Å². The number of carbonyl (C=O) groups excluding carboxylic acids is 1. The van der Waals surface area contributed by atoms with Gasteiger partial charge in [-0.05, 0) is 0 Å². The van der Waals surface area contributed by atoms with Crippen LogP contribution in [-0.4, -0.2) is 28.1 Å². The molecule has 72 valence electrons. The maximum absolute atomic E-state index is 12.2. The summed E-state index contributed by atoms with van der Waals surface area (Å²) in [6.07, 6.45) is -2.83. The lowest BCUT2D eigenvalue weighted by Crippen LogP contribution is -2.06. The van der Waals surface area contributed by atoms with Crippen LogP contribution < -0.4 is 0 Å². The van der Waals surface area contributed by atoms with E-state index in [2.05, 4.69) is 14.9 Å². The fourth-order valence-electron chi connectivity index (χ4n) is 0.811. The first-order valence-electron chi connectivity index (χ1n) is 3.34. The summed E-state index contributed by atoms with van der Waals surface area (Å²) in [4.78, 5) is 11.8. The highest BCUT2D eigenvalue weighted by Gasteiger charge is 2.24. The molecule has 0 radical (unpaired) electrons.